The average molecular weight is 217 g/mol. The zero-order chi connectivity index (χ0) is 11.9. The van der Waals surface area contributed by atoms with E-state index in [4.69, 9.17) is 9.47 Å². The summed E-state index contributed by atoms with van der Waals surface area (Å²) in [5.74, 6) is -0.657. The topological polar surface area (TPSA) is 64.6 Å². The van der Waals surface area contributed by atoms with Crippen molar-refractivity contribution in [3.8, 4) is 0 Å². The molecule has 0 bridgehead atoms. The molecule has 0 aromatic carbocycles. The van der Waals surface area contributed by atoms with Crippen LogP contribution < -0.4 is 5.32 Å². The van der Waals surface area contributed by atoms with Crippen LogP contribution in [0, 0.1) is 0 Å². The van der Waals surface area contributed by atoms with Crippen molar-refractivity contribution in [3.05, 3.63) is 0 Å². The number of amides is 1. The summed E-state index contributed by atoms with van der Waals surface area (Å²) in [5, 5.41) is 2.45. The van der Waals surface area contributed by atoms with E-state index < -0.39 is 11.6 Å². The Hall–Kier alpha value is -1.10. The van der Waals surface area contributed by atoms with Gasteiger partial charge < -0.3 is 14.8 Å². The van der Waals surface area contributed by atoms with Crippen molar-refractivity contribution in [1.82, 2.24) is 5.32 Å². The highest BCUT2D eigenvalue weighted by Crippen LogP contribution is 2.06. The van der Waals surface area contributed by atoms with Gasteiger partial charge in [0.15, 0.2) is 0 Å². The Labute approximate surface area is 90.1 Å². The molecule has 0 aliphatic rings. The zero-order valence-electron chi connectivity index (χ0n) is 9.75. The summed E-state index contributed by atoms with van der Waals surface area (Å²) >= 11 is 0. The second kappa shape index (κ2) is 6.40. The third-order valence-electron chi connectivity index (χ3n) is 1.38. The summed E-state index contributed by atoms with van der Waals surface area (Å²) in [5.41, 5.74) is -0.520. The molecule has 0 atom stereocenters. The number of hydrogen-bond donors (Lipinski definition) is 1. The van der Waals surface area contributed by atoms with Crippen LogP contribution in [-0.2, 0) is 19.1 Å². The van der Waals surface area contributed by atoms with Crippen molar-refractivity contribution < 1.29 is 19.1 Å². The molecule has 0 saturated carbocycles. The first-order valence-corrected chi connectivity index (χ1v) is 4.82. The maximum absolute atomic E-state index is 11.2. The molecular formula is C10H19NO4. The SMILES string of the molecule is COCCC(=O)NCC(=O)OC(C)(C)C. The molecule has 0 heterocycles. The highest BCUT2D eigenvalue weighted by Gasteiger charge is 2.16. The van der Waals surface area contributed by atoms with E-state index in [1.165, 1.54) is 7.11 Å². The number of rotatable bonds is 5. The molecule has 0 fully saturated rings. The quantitative estimate of drug-likeness (QED) is 0.680. The fourth-order valence-corrected chi connectivity index (χ4v) is 0.831. The number of carbonyl (C=O) groups is 2. The van der Waals surface area contributed by atoms with E-state index in [1.54, 1.807) is 20.8 Å². The Morgan fingerprint density at radius 2 is 1.87 bits per heavy atom. The summed E-state index contributed by atoms with van der Waals surface area (Å²) in [7, 11) is 1.52. The van der Waals surface area contributed by atoms with E-state index in [1.807, 2.05) is 0 Å². The largest absolute Gasteiger partial charge is 0.459 e. The first-order chi connectivity index (χ1) is 6.85. The van der Waals surface area contributed by atoms with Gasteiger partial charge in [-0.05, 0) is 20.8 Å². The zero-order valence-corrected chi connectivity index (χ0v) is 9.75. The van der Waals surface area contributed by atoms with Gasteiger partial charge in [-0.3, -0.25) is 9.59 Å². The Balaban J connectivity index is 3.67. The molecule has 0 spiro atoms. The number of hydrogen-bond acceptors (Lipinski definition) is 4. The first-order valence-electron chi connectivity index (χ1n) is 4.82. The van der Waals surface area contributed by atoms with Crippen LogP contribution in [0.1, 0.15) is 27.2 Å². The lowest BCUT2D eigenvalue weighted by atomic mass is 10.2. The van der Waals surface area contributed by atoms with Crippen LogP contribution in [0.25, 0.3) is 0 Å². The van der Waals surface area contributed by atoms with Crippen LogP contribution in [0.15, 0.2) is 0 Å². The van der Waals surface area contributed by atoms with Gasteiger partial charge in [0.2, 0.25) is 5.91 Å². The van der Waals surface area contributed by atoms with Gasteiger partial charge in [0.05, 0.1) is 6.61 Å². The molecule has 0 aromatic rings. The molecule has 15 heavy (non-hydrogen) atoms. The second-order valence-electron chi connectivity index (χ2n) is 4.11. The predicted molar refractivity (Wildman–Crippen MR) is 55.3 cm³/mol. The minimum Gasteiger partial charge on any atom is -0.459 e. The molecule has 5 heteroatoms. The van der Waals surface area contributed by atoms with Crippen molar-refractivity contribution in [3.63, 3.8) is 0 Å². The molecule has 0 rings (SSSR count). The molecule has 0 aromatic heterocycles. The molecule has 1 N–H and O–H groups in total. The van der Waals surface area contributed by atoms with E-state index >= 15 is 0 Å². The number of carbonyl (C=O) groups excluding carboxylic acids is 2. The van der Waals surface area contributed by atoms with Crippen molar-refractivity contribution in [2.24, 2.45) is 0 Å². The number of methoxy groups -OCH3 is 1. The first kappa shape index (κ1) is 13.9. The monoisotopic (exact) mass is 217 g/mol. The lowest BCUT2D eigenvalue weighted by molar-refractivity contribution is -0.154. The van der Waals surface area contributed by atoms with Crippen LogP contribution in [0.5, 0.6) is 0 Å². The summed E-state index contributed by atoms with van der Waals surface area (Å²) in [6.45, 7) is 5.58. The third-order valence-corrected chi connectivity index (χ3v) is 1.38. The van der Waals surface area contributed by atoms with Crippen LogP contribution in [0.4, 0.5) is 0 Å². The maximum atomic E-state index is 11.2. The van der Waals surface area contributed by atoms with Gasteiger partial charge in [0.1, 0.15) is 12.1 Å². The highest BCUT2D eigenvalue weighted by molar-refractivity contribution is 5.82. The van der Waals surface area contributed by atoms with Crippen molar-refractivity contribution in [2.75, 3.05) is 20.3 Å². The normalized spacial score (nSPS) is 10.9. The van der Waals surface area contributed by atoms with Gasteiger partial charge in [-0.1, -0.05) is 0 Å². The Morgan fingerprint density at radius 3 is 2.33 bits per heavy atom. The van der Waals surface area contributed by atoms with E-state index in [0.717, 1.165) is 0 Å². The summed E-state index contributed by atoms with van der Waals surface area (Å²) < 4.78 is 9.73. The van der Waals surface area contributed by atoms with Gasteiger partial charge in [-0.15, -0.1) is 0 Å². The van der Waals surface area contributed by atoms with Gasteiger partial charge in [0.25, 0.3) is 0 Å². The standard InChI is InChI=1S/C10H19NO4/c1-10(2,3)15-9(13)7-11-8(12)5-6-14-4/h5-7H2,1-4H3,(H,11,12). The Bertz CT molecular complexity index is 220. The number of nitrogens with one attached hydrogen (secondary N) is 1. The minimum atomic E-state index is -0.520. The summed E-state index contributed by atoms with van der Waals surface area (Å²) in [6.07, 6.45) is 0.249. The van der Waals surface area contributed by atoms with Crippen LogP contribution in [0.2, 0.25) is 0 Å². The molecule has 0 aliphatic carbocycles. The van der Waals surface area contributed by atoms with E-state index in [2.05, 4.69) is 5.32 Å². The number of ether oxygens (including phenoxy) is 2. The molecule has 0 unspecified atom stereocenters. The molecule has 0 saturated heterocycles. The van der Waals surface area contributed by atoms with Gasteiger partial charge >= 0.3 is 5.97 Å². The van der Waals surface area contributed by atoms with Gasteiger partial charge in [-0.25, -0.2) is 0 Å². The van der Waals surface area contributed by atoms with Gasteiger partial charge in [0, 0.05) is 13.5 Å². The average Bonchev–Trinajstić information content (AvgIpc) is 2.08. The van der Waals surface area contributed by atoms with Crippen LogP contribution in [0.3, 0.4) is 0 Å². The van der Waals surface area contributed by atoms with E-state index in [0.29, 0.717) is 6.61 Å². The summed E-state index contributed by atoms with van der Waals surface area (Å²) in [6, 6.07) is 0. The number of esters is 1. The fraction of sp³-hybridized carbons (Fsp3) is 0.800. The Morgan fingerprint density at radius 1 is 1.27 bits per heavy atom. The van der Waals surface area contributed by atoms with Gasteiger partial charge in [-0.2, -0.15) is 0 Å². The van der Waals surface area contributed by atoms with E-state index in [9.17, 15) is 9.59 Å². The lowest BCUT2D eigenvalue weighted by Gasteiger charge is -2.19. The Kier molecular flexibility index (Phi) is 5.93. The molecule has 0 radical (unpaired) electrons. The van der Waals surface area contributed by atoms with E-state index in [-0.39, 0.29) is 18.9 Å². The summed E-state index contributed by atoms with van der Waals surface area (Å²) in [4.78, 5) is 22.2. The predicted octanol–water partition coefficient (Wildman–Crippen LogP) is 0.481. The van der Waals surface area contributed by atoms with Crippen LogP contribution >= 0.6 is 0 Å². The molecule has 88 valence electrons. The second-order valence-corrected chi connectivity index (χ2v) is 4.11. The minimum absolute atomic E-state index is 0.0974. The smallest absolute Gasteiger partial charge is 0.325 e. The molecule has 0 aliphatic heterocycles. The van der Waals surface area contributed by atoms with Crippen molar-refractivity contribution in [1.29, 1.82) is 0 Å². The van der Waals surface area contributed by atoms with Crippen LogP contribution in [-0.4, -0.2) is 37.7 Å². The molecule has 5 nitrogen and oxygen atoms in total. The fourth-order valence-electron chi connectivity index (χ4n) is 0.831. The van der Waals surface area contributed by atoms with Crippen molar-refractivity contribution in [2.45, 2.75) is 32.8 Å². The van der Waals surface area contributed by atoms with Crippen molar-refractivity contribution >= 4 is 11.9 Å². The molecular weight excluding hydrogens is 198 g/mol. The third kappa shape index (κ3) is 9.21. The lowest BCUT2D eigenvalue weighted by Crippen LogP contribution is -2.34. The highest BCUT2D eigenvalue weighted by atomic mass is 16.6. The molecule has 1 amide bonds. The maximum Gasteiger partial charge on any atom is 0.325 e.